The van der Waals surface area contributed by atoms with E-state index >= 15 is 0 Å². The van der Waals surface area contributed by atoms with Crippen molar-refractivity contribution in [3.8, 4) is 11.5 Å². The van der Waals surface area contributed by atoms with Crippen LogP contribution in [0.25, 0.3) is 10.9 Å². The van der Waals surface area contributed by atoms with Gasteiger partial charge in [0.1, 0.15) is 17.2 Å². The molecule has 0 saturated heterocycles. The quantitative estimate of drug-likeness (QED) is 0.784. The van der Waals surface area contributed by atoms with E-state index < -0.39 is 0 Å². The van der Waals surface area contributed by atoms with Crippen LogP contribution >= 0.6 is 0 Å². The van der Waals surface area contributed by atoms with Gasteiger partial charge in [-0.05, 0) is 42.0 Å². The zero-order valence-corrected chi connectivity index (χ0v) is 14.0. The maximum Gasteiger partial charge on any atom is 0.268 e. The molecule has 1 amide bonds. The van der Waals surface area contributed by atoms with Gasteiger partial charge in [-0.3, -0.25) is 4.79 Å². The van der Waals surface area contributed by atoms with Gasteiger partial charge in [0.15, 0.2) is 0 Å². The Morgan fingerprint density at radius 3 is 2.33 bits per heavy atom. The lowest BCUT2D eigenvalue weighted by molar-refractivity contribution is 0.0943. The molecule has 0 saturated carbocycles. The molecule has 1 aromatic heterocycles. The molecule has 0 aliphatic rings. The smallest absolute Gasteiger partial charge is 0.268 e. The van der Waals surface area contributed by atoms with Gasteiger partial charge in [-0.2, -0.15) is 0 Å². The van der Waals surface area contributed by atoms with Crippen molar-refractivity contribution < 1.29 is 14.3 Å². The topological polar surface area (TPSA) is 52.5 Å². The predicted octanol–water partition coefficient (Wildman–Crippen LogP) is 3.13. The van der Waals surface area contributed by atoms with Gasteiger partial charge < -0.3 is 19.4 Å². The number of nitrogens with zero attached hydrogens (tertiary/aromatic N) is 1. The maximum atomic E-state index is 12.5. The van der Waals surface area contributed by atoms with E-state index in [9.17, 15) is 4.79 Å². The number of aryl methyl sites for hydroxylation is 1. The summed E-state index contributed by atoms with van der Waals surface area (Å²) in [7, 11) is 5.15. The van der Waals surface area contributed by atoms with Crippen LogP contribution in [0.15, 0.2) is 48.5 Å². The molecule has 24 heavy (non-hydrogen) atoms. The Hall–Kier alpha value is -2.95. The van der Waals surface area contributed by atoms with E-state index in [0.29, 0.717) is 12.2 Å². The van der Waals surface area contributed by atoms with Crippen LogP contribution in [0.5, 0.6) is 11.5 Å². The molecule has 3 rings (SSSR count). The Labute approximate surface area is 140 Å². The minimum atomic E-state index is -0.108. The Morgan fingerprint density at radius 2 is 1.67 bits per heavy atom. The zero-order chi connectivity index (χ0) is 17.1. The van der Waals surface area contributed by atoms with Gasteiger partial charge in [0, 0.05) is 24.5 Å². The molecule has 2 aromatic carbocycles. The third-order valence-electron chi connectivity index (χ3n) is 4.09. The van der Waals surface area contributed by atoms with E-state index in [1.807, 2.05) is 60.1 Å². The van der Waals surface area contributed by atoms with Crippen molar-refractivity contribution in [3.05, 3.63) is 59.8 Å². The van der Waals surface area contributed by atoms with Gasteiger partial charge in [0.2, 0.25) is 0 Å². The van der Waals surface area contributed by atoms with Crippen LogP contribution in [0.4, 0.5) is 0 Å². The van der Waals surface area contributed by atoms with Crippen molar-refractivity contribution in [1.29, 1.82) is 0 Å². The van der Waals surface area contributed by atoms with Gasteiger partial charge in [-0.15, -0.1) is 0 Å². The van der Waals surface area contributed by atoms with Crippen molar-refractivity contribution in [1.82, 2.24) is 9.88 Å². The van der Waals surface area contributed by atoms with Crippen LogP contribution in [0.2, 0.25) is 0 Å². The van der Waals surface area contributed by atoms with E-state index in [1.165, 1.54) is 0 Å². The highest BCUT2D eigenvalue weighted by Gasteiger charge is 2.13. The largest absolute Gasteiger partial charge is 0.497 e. The molecule has 0 bridgehead atoms. The summed E-state index contributed by atoms with van der Waals surface area (Å²) in [4.78, 5) is 12.5. The molecule has 124 valence electrons. The fourth-order valence-electron chi connectivity index (χ4n) is 2.69. The Kier molecular flexibility index (Phi) is 4.42. The lowest BCUT2D eigenvalue weighted by Crippen LogP contribution is -2.24. The minimum absolute atomic E-state index is 0.108. The molecule has 1 heterocycles. The fraction of sp³-hybridized carbons (Fsp3) is 0.211. The molecule has 0 radical (unpaired) electrons. The average Bonchev–Trinajstić information content (AvgIpc) is 2.96. The summed E-state index contributed by atoms with van der Waals surface area (Å²) in [5.41, 5.74) is 2.63. The molecule has 1 N–H and O–H groups in total. The molecule has 0 fully saturated rings. The van der Waals surface area contributed by atoms with Crippen molar-refractivity contribution in [2.24, 2.45) is 7.05 Å². The SMILES string of the molecule is COc1ccc(CNC(=O)c2cc3cc(OC)ccc3n2C)cc1. The van der Waals surface area contributed by atoms with E-state index in [1.54, 1.807) is 14.2 Å². The number of methoxy groups -OCH3 is 2. The Morgan fingerprint density at radius 1 is 1.00 bits per heavy atom. The second kappa shape index (κ2) is 6.66. The molecule has 0 aliphatic carbocycles. The maximum absolute atomic E-state index is 12.5. The van der Waals surface area contributed by atoms with Crippen molar-refractivity contribution in [2.75, 3.05) is 14.2 Å². The zero-order valence-electron chi connectivity index (χ0n) is 14.0. The molecule has 0 atom stereocenters. The summed E-state index contributed by atoms with van der Waals surface area (Å²) in [6, 6.07) is 15.3. The monoisotopic (exact) mass is 324 g/mol. The summed E-state index contributed by atoms with van der Waals surface area (Å²) >= 11 is 0. The molecule has 5 nitrogen and oxygen atoms in total. The van der Waals surface area contributed by atoms with E-state index in [-0.39, 0.29) is 5.91 Å². The second-order valence-corrected chi connectivity index (χ2v) is 5.54. The third-order valence-corrected chi connectivity index (χ3v) is 4.09. The molecule has 0 unspecified atom stereocenters. The highest BCUT2D eigenvalue weighted by atomic mass is 16.5. The van der Waals surface area contributed by atoms with E-state index in [0.717, 1.165) is 28.0 Å². The number of fused-ring (bicyclic) bond motifs is 1. The standard InChI is InChI=1S/C19H20N2O3/c1-21-17-9-8-16(24-3)10-14(17)11-18(21)19(22)20-12-13-4-6-15(23-2)7-5-13/h4-11H,12H2,1-3H3,(H,20,22). The third kappa shape index (κ3) is 3.06. The van der Waals surface area contributed by atoms with Crippen LogP contribution < -0.4 is 14.8 Å². The number of rotatable bonds is 5. The van der Waals surface area contributed by atoms with Gasteiger partial charge >= 0.3 is 0 Å². The van der Waals surface area contributed by atoms with Crippen LogP contribution in [0.3, 0.4) is 0 Å². The van der Waals surface area contributed by atoms with Crippen molar-refractivity contribution in [2.45, 2.75) is 6.54 Å². The first-order valence-electron chi connectivity index (χ1n) is 7.67. The summed E-state index contributed by atoms with van der Waals surface area (Å²) in [6.45, 7) is 0.466. The number of hydrogen-bond acceptors (Lipinski definition) is 3. The van der Waals surface area contributed by atoms with Gasteiger partial charge in [-0.1, -0.05) is 12.1 Å². The van der Waals surface area contributed by atoms with Gasteiger partial charge in [-0.25, -0.2) is 0 Å². The van der Waals surface area contributed by atoms with Crippen LogP contribution in [-0.2, 0) is 13.6 Å². The summed E-state index contributed by atoms with van der Waals surface area (Å²) in [5, 5.41) is 3.93. The molecular formula is C19H20N2O3. The van der Waals surface area contributed by atoms with Crippen LogP contribution in [0.1, 0.15) is 16.1 Å². The lowest BCUT2D eigenvalue weighted by atomic mass is 10.2. The number of ether oxygens (including phenoxy) is 2. The number of amides is 1. The summed E-state index contributed by atoms with van der Waals surface area (Å²) < 4.78 is 12.3. The van der Waals surface area contributed by atoms with Crippen LogP contribution in [0, 0.1) is 0 Å². The van der Waals surface area contributed by atoms with Crippen molar-refractivity contribution in [3.63, 3.8) is 0 Å². The first kappa shape index (κ1) is 15.9. The predicted molar refractivity (Wildman–Crippen MR) is 93.6 cm³/mol. The van der Waals surface area contributed by atoms with Gasteiger partial charge in [0.25, 0.3) is 5.91 Å². The minimum Gasteiger partial charge on any atom is -0.497 e. The molecule has 3 aromatic rings. The number of carbonyl (C=O) groups excluding carboxylic acids is 1. The van der Waals surface area contributed by atoms with E-state index in [4.69, 9.17) is 9.47 Å². The Bertz CT molecular complexity index is 866. The molecule has 0 aliphatic heterocycles. The normalized spacial score (nSPS) is 10.6. The number of nitrogens with one attached hydrogen (secondary N) is 1. The first-order valence-corrected chi connectivity index (χ1v) is 7.67. The van der Waals surface area contributed by atoms with Gasteiger partial charge in [0.05, 0.1) is 14.2 Å². The molecular weight excluding hydrogens is 304 g/mol. The van der Waals surface area contributed by atoms with Crippen molar-refractivity contribution >= 4 is 16.8 Å². The Balaban J connectivity index is 1.76. The summed E-state index contributed by atoms with van der Waals surface area (Å²) in [6.07, 6.45) is 0. The highest BCUT2D eigenvalue weighted by Crippen LogP contribution is 2.23. The van der Waals surface area contributed by atoms with E-state index in [2.05, 4.69) is 5.32 Å². The molecule has 5 heteroatoms. The lowest BCUT2D eigenvalue weighted by Gasteiger charge is -2.07. The number of benzene rings is 2. The molecule has 0 spiro atoms. The first-order chi connectivity index (χ1) is 11.6. The van der Waals surface area contributed by atoms with Crippen LogP contribution in [-0.4, -0.2) is 24.7 Å². The highest BCUT2D eigenvalue weighted by molar-refractivity contribution is 5.99. The summed E-state index contributed by atoms with van der Waals surface area (Å²) in [5.74, 6) is 1.47. The number of aromatic nitrogens is 1. The average molecular weight is 324 g/mol. The fourth-order valence-corrected chi connectivity index (χ4v) is 2.69. The second-order valence-electron chi connectivity index (χ2n) is 5.54. The number of carbonyl (C=O) groups is 1. The number of hydrogen-bond donors (Lipinski definition) is 1.